The average molecular weight is 341 g/mol. The minimum Gasteiger partial charge on any atom is -0.507 e. The van der Waals surface area contributed by atoms with Gasteiger partial charge in [-0.2, -0.15) is 5.10 Å². The van der Waals surface area contributed by atoms with Gasteiger partial charge in [-0.05, 0) is 34.1 Å². The predicted octanol–water partition coefficient (Wildman–Crippen LogP) is 1.76. The molecular formula is C11H9BrN4O2S. The largest absolute Gasteiger partial charge is 0.507 e. The first-order chi connectivity index (χ1) is 8.99. The van der Waals surface area contributed by atoms with Crippen molar-refractivity contribution in [3.63, 3.8) is 0 Å². The molecule has 0 fully saturated rings. The van der Waals surface area contributed by atoms with Gasteiger partial charge in [0.15, 0.2) is 0 Å². The van der Waals surface area contributed by atoms with Gasteiger partial charge in [-0.3, -0.25) is 9.89 Å². The Hall–Kier alpha value is -1.93. The first kappa shape index (κ1) is 13.5. The monoisotopic (exact) mass is 340 g/mol. The number of carbonyl (C=O) groups excluding carboxylic acids is 1. The van der Waals surface area contributed by atoms with Gasteiger partial charge in [0.05, 0.1) is 16.2 Å². The molecule has 1 aromatic carbocycles. The molecule has 1 aromatic heterocycles. The van der Waals surface area contributed by atoms with Gasteiger partial charge < -0.3 is 16.2 Å². The molecule has 1 amide bonds. The van der Waals surface area contributed by atoms with Gasteiger partial charge in [0, 0.05) is 5.56 Å². The Labute approximate surface area is 122 Å². The number of aromatic nitrogens is 2. The molecule has 0 aliphatic carbocycles. The predicted molar refractivity (Wildman–Crippen MR) is 78.2 cm³/mol. The van der Waals surface area contributed by atoms with Crippen LogP contribution in [0.25, 0.3) is 0 Å². The van der Waals surface area contributed by atoms with Crippen LogP contribution in [-0.2, 0) is 0 Å². The second-order valence-corrected chi connectivity index (χ2v) is 4.94. The molecule has 19 heavy (non-hydrogen) atoms. The van der Waals surface area contributed by atoms with E-state index in [9.17, 15) is 9.90 Å². The van der Waals surface area contributed by atoms with Crippen LogP contribution in [0, 0.1) is 0 Å². The summed E-state index contributed by atoms with van der Waals surface area (Å²) in [5.74, 6) is -0.115. The lowest BCUT2D eigenvalue weighted by molar-refractivity contribution is 0.102. The van der Waals surface area contributed by atoms with Crippen LogP contribution >= 0.6 is 28.1 Å². The van der Waals surface area contributed by atoms with E-state index < -0.39 is 5.91 Å². The van der Waals surface area contributed by atoms with Gasteiger partial charge in [0.1, 0.15) is 16.6 Å². The van der Waals surface area contributed by atoms with Crippen molar-refractivity contribution in [3.05, 3.63) is 40.0 Å². The Morgan fingerprint density at radius 2 is 2.26 bits per heavy atom. The minimum absolute atomic E-state index is 0.0215. The molecule has 0 saturated heterocycles. The maximum Gasteiger partial charge on any atom is 0.256 e. The van der Waals surface area contributed by atoms with E-state index in [1.54, 1.807) is 12.1 Å². The number of carbonyl (C=O) groups is 1. The SMILES string of the molecule is NC(=S)c1cn[nH]c1NC(=O)c1ccc(Br)c(O)c1. The molecule has 98 valence electrons. The summed E-state index contributed by atoms with van der Waals surface area (Å²) >= 11 is 7.97. The van der Waals surface area contributed by atoms with Crippen LogP contribution in [0.5, 0.6) is 5.75 Å². The van der Waals surface area contributed by atoms with Crippen LogP contribution in [0.2, 0.25) is 0 Å². The molecule has 0 unspecified atom stereocenters. The second kappa shape index (κ2) is 5.37. The molecule has 8 heteroatoms. The van der Waals surface area contributed by atoms with E-state index in [-0.39, 0.29) is 10.7 Å². The first-order valence-corrected chi connectivity index (χ1v) is 6.32. The van der Waals surface area contributed by atoms with E-state index in [4.69, 9.17) is 18.0 Å². The van der Waals surface area contributed by atoms with Gasteiger partial charge in [-0.25, -0.2) is 0 Å². The fourth-order valence-corrected chi connectivity index (χ4v) is 1.81. The van der Waals surface area contributed by atoms with Crippen molar-refractivity contribution in [2.24, 2.45) is 5.73 Å². The number of H-pyrrole nitrogens is 1. The zero-order valence-corrected chi connectivity index (χ0v) is 11.9. The van der Waals surface area contributed by atoms with Crippen LogP contribution in [0.3, 0.4) is 0 Å². The smallest absolute Gasteiger partial charge is 0.256 e. The zero-order chi connectivity index (χ0) is 14.0. The molecule has 6 nitrogen and oxygen atoms in total. The molecule has 0 aliphatic rings. The first-order valence-electron chi connectivity index (χ1n) is 5.12. The lowest BCUT2D eigenvalue weighted by atomic mass is 10.2. The Kier molecular flexibility index (Phi) is 3.82. The summed E-state index contributed by atoms with van der Waals surface area (Å²) in [6.45, 7) is 0. The number of hydrogen-bond acceptors (Lipinski definition) is 4. The number of phenols is 1. The standard InChI is InChI=1S/C11H9BrN4O2S/c12-7-2-1-5(3-8(7)17)11(18)15-10-6(9(13)19)4-14-16-10/h1-4,17H,(H2,13,19)(H2,14,15,16,18). The highest BCUT2D eigenvalue weighted by atomic mass is 79.9. The topological polar surface area (TPSA) is 104 Å². The molecule has 0 spiro atoms. The molecule has 0 atom stereocenters. The molecule has 5 N–H and O–H groups in total. The molecule has 0 bridgehead atoms. The molecule has 0 aliphatic heterocycles. The maximum absolute atomic E-state index is 12.0. The summed E-state index contributed by atoms with van der Waals surface area (Å²) in [7, 11) is 0. The number of aromatic amines is 1. The lowest BCUT2D eigenvalue weighted by Gasteiger charge is -2.06. The van der Waals surface area contributed by atoms with Gasteiger partial charge >= 0.3 is 0 Å². The van der Waals surface area contributed by atoms with E-state index in [1.807, 2.05) is 0 Å². The number of amides is 1. The molecule has 2 rings (SSSR count). The number of hydrogen-bond donors (Lipinski definition) is 4. The number of halogens is 1. The van der Waals surface area contributed by atoms with Crippen molar-refractivity contribution in [2.75, 3.05) is 5.32 Å². The van der Waals surface area contributed by atoms with E-state index in [1.165, 1.54) is 12.3 Å². The summed E-state index contributed by atoms with van der Waals surface area (Å²) in [5, 5.41) is 18.5. The number of aromatic hydroxyl groups is 1. The van der Waals surface area contributed by atoms with Crippen LogP contribution in [0.15, 0.2) is 28.9 Å². The Morgan fingerprint density at radius 1 is 1.53 bits per heavy atom. The number of nitrogens with two attached hydrogens (primary N) is 1. The van der Waals surface area contributed by atoms with Crippen LogP contribution < -0.4 is 11.1 Å². The number of anilines is 1. The van der Waals surface area contributed by atoms with E-state index in [2.05, 4.69) is 31.4 Å². The number of phenolic OH excluding ortho intramolecular Hbond substituents is 1. The number of rotatable bonds is 3. The summed E-state index contributed by atoms with van der Waals surface area (Å²) in [6, 6.07) is 4.48. The number of thiocarbonyl (C=S) groups is 1. The molecule has 0 radical (unpaired) electrons. The fraction of sp³-hybridized carbons (Fsp3) is 0. The number of nitrogens with one attached hydrogen (secondary N) is 2. The maximum atomic E-state index is 12.0. The summed E-state index contributed by atoms with van der Waals surface area (Å²) in [5.41, 5.74) is 6.24. The summed E-state index contributed by atoms with van der Waals surface area (Å²) in [6.07, 6.45) is 1.43. The van der Waals surface area contributed by atoms with Crippen molar-refractivity contribution in [2.45, 2.75) is 0 Å². The second-order valence-electron chi connectivity index (χ2n) is 3.64. The number of benzene rings is 1. The Morgan fingerprint density at radius 3 is 2.89 bits per heavy atom. The molecular weight excluding hydrogens is 332 g/mol. The van der Waals surface area contributed by atoms with E-state index >= 15 is 0 Å². The zero-order valence-electron chi connectivity index (χ0n) is 9.48. The highest BCUT2D eigenvalue weighted by Crippen LogP contribution is 2.24. The van der Waals surface area contributed by atoms with Crippen molar-refractivity contribution in [1.82, 2.24) is 10.2 Å². The summed E-state index contributed by atoms with van der Waals surface area (Å²) < 4.78 is 0.509. The number of nitrogens with zero attached hydrogens (tertiary/aromatic N) is 1. The van der Waals surface area contributed by atoms with Gasteiger partial charge in [0.2, 0.25) is 0 Å². The minimum atomic E-state index is -0.412. The van der Waals surface area contributed by atoms with Crippen molar-refractivity contribution >= 4 is 44.9 Å². The van der Waals surface area contributed by atoms with Crippen LogP contribution in [-0.4, -0.2) is 26.2 Å². The van der Waals surface area contributed by atoms with Crippen molar-refractivity contribution in [1.29, 1.82) is 0 Å². The highest BCUT2D eigenvalue weighted by Gasteiger charge is 2.13. The Bertz CT molecular complexity index is 656. The average Bonchev–Trinajstić information content (AvgIpc) is 2.80. The van der Waals surface area contributed by atoms with Gasteiger partial charge in [-0.1, -0.05) is 12.2 Å². The van der Waals surface area contributed by atoms with E-state index in [0.29, 0.717) is 21.4 Å². The summed E-state index contributed by atoms with van der Waals surface area (Å²) in [4.78, 5) is 12.1. The third kappa shape index (κ3) is 2.91. The van der Waals surface area contributed by atoms with Crippen LogP contribution in [0.1, 0.15) is 15.9 Å². The van der Waals surface area contributed by atoms with Gasteiger partial charge in [0.25, 0.3) is 5.91 Å². The quantitative estimate of drug-likeness (QED) is 0.637. The van der Waals surface area contributed by atoms with Crippen LogP contribution in [0.4, 0.5) is 5.82 Å². The normalized spacial score (nSPS) is 10.2. The lowest BCUT2D eigenvalue weighted by Crippen LogP contribution is -2.16. The molecule has 1 heterocycles. The third-order valence-corrected chi connectivity index (χ3v) is 3.24. The third-order valence-electron chi connectivity index (χ3n) is 2.35. The van der Waals surface area contributed by atoms with Crippen molar-refractivity contribution < 1.29 is 9.90 Å². The molecule has 2 aromatic rings. The Balaban J connectivity index is 2.23. The van der Waals surface area contributed by atoms with Crippen molar-refractivity contribution in [3.8, 4) is 5.75 Å². The molecule has 0 saturated carbocycles. The fourth-order valence-electron chi connectivity index (χ4n) is 1.41. The van der Waals surface area contributed by atoms with Gasteiger partial charge in [-0.15, -0.1) is 0 Å². The highest BCUT2D eigenvalue weighted by molar-refractivity contribution is 9.10. The van der Waals surface area contributed by atoms with E-state index in [0.717, 1.165) is 0 Å².